The molecule has 0 saturated carbocycles. The van der Waals surface area contributed by atoms with Gasteiger partial charge in [0, 0.05) is 37.4 Å². The highest BCUT2D eigenvalue weighted by Gasteiger charge is 2.25. The van der Waals surface area contributed by atoms with Gasteiger partial charge in [-0.2, -0.15) is 4.98 Å². The second-order valence-electron chi connectivity index (χ2n) is 7.76. The first-order valence-electron chi connectivity index (χ1n) is 10.9. The molecule has 0 spiro atoms. The van der Waals surface area contributed by atoms with Crippen molar-refractivity contribution >= 4 is 51.1 Å². The van der Waals surface area contributed by atoms with Crippen molar-refractivity contribution in [2.45, 2.75) is 39.3 Å². The Morgan fingerprint density at radius 1 is 1.27 bits per heavy atom. The van der Waals surface area contributed by atoms with Gasteiger partial charge in [0.2, 0.25) is 5.95 Å². The van der Waals surface area contributed by atoms with Crippen molar-refractivity contribution in [2.24, 2.45) is 0 Å². The maximum absolute atomic E-state index is 11.6. The van der Waals surface area contributed by atoms with Gasteiger partial charge in [0.25, 0.3) is 0 Å². The van der Waals surface area contributed by atoms with Crippen molar-refractivity contribution in [2.75, 3.05) is 37.0 Å². The number of halogens is 1. The Balaban J connectivity index is 1.49. The summed E-state index contributed by atoms with van der Waals surface area (Å²) in [6, 6.07) is 7.83. The Morgan fingerprint density at radius 3 is 2.76 bits per heavy atom. The Bertz CT molecular complexity index is 1130. The molecule has 1 aliphatic rings. The number of aromatic nitrogens is 2. The minimum atomic E-state index is -0.604. The fraction of sp³-hybridized carbons (Fsp3) is 0.435. The first kappa shape index (κ1) is 23.4. The maximum Gasteiger partial charge on any atom is 0.508 e. The molecule has 2 aromatic heterocycles. The fourth-order valence-electron chi connectivity index (χ4n) is 3.77. The van der Waals surface area contributed by atoms with Crippen LogP contribution in [0.2, 0.25) is 5.02 Å². The zero-order valence-corrected chi connectivity index (χ0v) is 20.5. The van der Waals surface area contributed by atoms with Crippen molar-refractivity contribution < 1.29 is 19.0 Å². The smallest absolute Gasteiger partial charge is 0.495 e. The predicted octanol–water partition coefficient (Wildman–Crippen LogP) is 5.42. The number of carbonyl (C=O) groups is 1. The largest absolute Gasteiger partial charge is 0.508 e. The molecule has 0 amide bonds. The Morgan fingerprint density at radius 2 is 2.06 bits per heavy atom. The molecule has 1 fully saturated rings. The number of fused-ring (bicyclic) bond motifs is 1. The molecule has 176 valence electrons. The number of hydrogen-bond donors (Lipinski definition) is 1. The molecule has 10 heteroatoms. The molecule has 0 unspecified atom stereocenters. The molecule has 1 N–H and O–H groups in total. The van der Waals surface area contributed by atoms with Gasteiger partial charge in [-0.05, 0) is 37.6 Å². The van der Waals surface area contributed by atoms with Crippen molar-refractivity contribution in [3.8, 4) is 5.75 Å². The predicted molar refractivity (Wildman–Crippen MR) is 131 cm³/mol. The number of anilines is 2. The number of ether oxygens (including phenoxy) is 3. The Kier molecular flexibility index (Phi) is 7.39. The summed E-state index contributed by atoms with van der Waals surface area (Å²) in [6.45, 7) is 6.11. The maximum atomic E-state index is 11.6. The standard InChI is InChI=1S/C23H27ClN4O4S/c1-4-31-23(29)32-16-7-9-28(10-8-16)22-26-20(17-11-14(2)33-21(17)27-22)25-13-15-5-6-19(30-3)18(24)12-15/h5-6,11-12,16H,4,7-10,13H2,1-3H3,(H,25,26,27). The molecule has 1 aromatic carbocycles. The van der Waals surface area contributed by atoms with Gasteiger partial charge >= 0.3 is 6.16 Å². The van der Waals surface area contributed by atoms with E-state index < -0.39 is 6.16 Å². The lowest BCUT2D eigenvalue weighted by molar-refractivity contribution is 0.0183. The number of thiophene rings is 1. The highest BCUT2D eigenvalue weighted by molar-refractivity contribution is 7.18. The quantitative estimate of drug-likeness (QED) is 0.439. The van der Waals surface area contributed by atoms with Gasteiger partial charge in [-0.25, -0.2) is 9.78 Å². The van der Waals surface area contributed by atoms with Crippen LogP contribution in [0.25, 0.3) is 10.2 Å². The average molecular weight is 491 g/mol. The lowest BCUT2D eigenvalue weighted by atomic mass is 10.1. The number of piperidine rings is 1. The van der Waals surface area contributed by atoms with Crippen LogP contribution in [0, 0.1) is 6.92 Å². The second kappa shape index (κ2) is 10.4. The minimum Gasteiger partial charge on any atom is -0.495 e. The number of carbonyl (C=O) groups excluding carboxylic acids is 1. The molecular formula is C23H27ClN4O4S. The first-order valence-corrected chi connectivity index (χ1v) is 12.1. The molecule has 3 aromatic rings. The van der Waals surface area contributed by atoms with Gasteiger partial charge in [-0.15, -0.1) is 11.3 Å². The second-order valence-corrected chi connectivity index (χ2v) is 9.40. The SMILES string of the molecule is CCOC(=O)OC1CCN(c2nc(NCc3ccc(OC)c(Cl)c3)c3cc(C)sc3n2)CC1. The zero-order chi connectivity index (χ0) is 23.4. The molecule has 1 aliphatic heterocycles. The van der Waals surface area contributed by atoms with E-state index in [0.717, 1.165) is 21.6 Å². The molecule has 33 heavy (non-hydrogen) atoms. The summed E-state index contributed by atoms with van der Waals surface area (Å²) in [6.07, 6.45) is 0.659. The topological polar surface area (TPSA) is 85.8 Å². The molecule has 3 heterocycles. The van der Waals surface area contributed by atoms with Gasteiger partial charge in [0.15, 0.2) is 0 Å². The van der Waals surface area contributed by atoms with E-state index in [9.17, 15) is 4.79 Å². The van der Waals surface area contributed by atoms with Crippen molar-refractivity contribution in [3.05, 3.63) is 39.7 Å². The van der Waals surface area contributed by atoms with E-state index in [1.807, 2.05) is 18.2 Å². The highest BCUT2D eigenvalue weighted by Crippen LogP contribution is 2.32. The number of nitrogens with zero attached hydrogens (tertiary/aromatic N) is 3. The average Bonchev–Trinajstić information content (AvgIpc) is 3.18. The molecule has 0 bridgehead atoms. The summed E-state index contributed by atoms with van der Waals surface area (Å²) in [5, 5.41) is 5.03. The zero-order valence-electron chi connectivity index (χ0n) is 18.9. The van der Waals surface area contributed by atoms with E-state index in [0.29, 0.717) is 55.8 Å². The third kappa shape index (κ3) is 5.59. The van der Waals surface area contributed by atoms with Crippen LogP contribution >= 0.6 is 22.9 Å². The van der Waals surface area contributed by atoms with E-state index in [2.05, 4.69) is 23.2 Å². The Hall–Kier alpha value is -2.78. The number of hydrogen-bond acceptors (Lipinski definition) is 9. The summed E-state index contributed by atoms with van der Waals surface area (Å²) < 4.78 is 15.5. The molecule has 0 radical (unpaired) electrons. The van der Waals surface area contributed by atoms with Crippen LogP contribution in [0.15, 0.2) is 24.3 Å². The van der Waals surface area contributed by atoms with Gasteiger partial charge in [0.1, 0.15) is 22.5 Å². The fourth-order valence-corrected chi connectivity index (χ4v) is 4.93. The van der Waals surface area contributed by atoms with E-state index in [-0.39, 0.29) is 6.10 Å². The van der Waals surface area contributed by atoms with Gasteiger partial charge in [-0.3, -0.25) is 0 Å². The minimum absolute atomic E-state index is 0.148. The third-order valence-corrected chi connectivity index (χ3v) is 6.67. The van der Waals surface area contributed by atoms with E-state index in [1.54, 1.807) is 25.4 Å². The number of benzene rings is 1. The van der Waals surface area contributed by atoms with Crippen LogP contribution in [0.3, 0.4) is 0 Å². The van der Waals surface area contributed by atoms with Crippen molar-refractivity contribution in [1.29, 1.82) is 0 Å². The van der Waals surface area contributed by atoms with Crippen LogP contribution in [-0.2, 0) is 16.0 Å². The van der Waals surface area contributed by atoms with Crippen LogP contribution in [0.4, 0.5) is 16.6 Å². The van der Waals surface area contributed by atoms with E-state index in [1.165, 1.54) is 4.88 Å². The van der Waals surface area contributed by atoms with Crippen LogP contribution in [-0.4, -0.2) is 49.0 Å². The number of methoxy groups -OCH3 is 1. The van der Waals surface area contributed by atoms with Crippen LogP contribution in [0.5, 0.6) is 5.75 Å². The first-order chi connectivity index (χ1) is 16.0. The normalized spacial score (nSPS) is 14.4. The monoisotopic (exact) mass is 490 g/mol. The summed E-state index contributed by atoms with van der Waals surface area (Å²) in [5.41, 5.74) is 1.03. The van der Waals surface area contributed by atoms with Crippen molar-refractivity contribution in [1.82, 2.24) is 9.97 Å². The molecule has 1 saturated heterocycles. The van der Waals surface area contributed by atoms with Crippen LogP contribution in [0.1, 0.15) is 30.2 Å². The molecule has 0 atom stereocenters. The summed E-state index contributed by atoms with van der Waals surface area (Å²) >= 11 is 7.92. The van der Waals surface area contributed by atoms with E-state index >= 15 is 0 Å². The summed E-state index contributed by atoms with van der Waals surface area (Å²) in [7, 11) is 1.60. The van der Waals surface area contributed by atoms with Gasteiger partial charge < -0.3 is 24.4 Å². The molecular weight excluding hydrogens is 464 g/mol. The summed E-state index contributed by atoms with van der Waals surface area (Å²) in [4.78, 5) is 25.5. The van der Waals surface area contributed by atoms with E-state index in [4.69, 9.17) is 35.8 Å². The van der Waals surface area contributed by atoms with Crippen molar-refractivity contribution in [3.63, 3.8) is 0 Å². The number of rotatable bonds is 7. The lowest BCUT2D eigenvalue weighted by Crippen LogP contribution is -2.39. The molecule has 8 nitrogen and oxygen atoms in total. The molecule has 0 aliphatic carbocycles. The number of nitrogens with one attached hydrogen (secondary N) is 1. The van der Waals surface area contributed by atoms with Gasteiger partial charge in [-0.1, -0.05) is 17.7 Å². The number of aryl methyl sites for hydroxylation is 1. The molecule has 4 rings (SSSR count). The van der Waals surface area contributed by atoms with Gasteiger partial charge in [0.05, 0.1) is 24.1 Å². The third-order valence-electron chi connectivity index (χ3n) is 5.43. The Labute approximate surface area is 201 Å². The lowest BCUT2D eigenvalue weighted by Gasteiger charge is -2.31. The highest BCUT2D eigenvalue weighted by atomic mass is 35.5. The van der Waals surface area contributed by atoms with Crippen LogP contribution < -0.4 is 15.0 Å². The summed E-state index contributed by atoms with van der Waals surface area (Å²) in [5.74, 6) is 2.11.